The molecule has 3 unspecified atom stereocenters. The maximum atomic E-state index is 12.2. The average molecular weight is 348 g/mol. The van der Waals surface area contributed by atoms with Crippen molar-refractivity contribution in [2.24, 2.45) is 11.7 Å². The Balaban J connectivity index is 4.80. The number of thiol groups is 1. The minimum atomic E-state index is -1.21. The lowest BCUT2D eigenvalue weighted by atomic mass is 9.98. The molecule has 132 valence electrons. The monoisotopic (exact) mass is 348 g/mol. The van der Waals surface area contributed by atoms with Gasteiger partial charge in [-0.3, -0.25) is 14.4 Å². The maximum absolute atomic E-state index is 12.2. The third-order valence-corrected chi connectivity index (χ3v) is 3.61. The van der Waals surface area contributed by atoms with Gasteiger partial charge in [-0.25, -0.2) is 4.79 Å². The second-order valence-corrected chi connectivity index (χ2v) is 5.36. The van der Waals surface area contributed by atoms with Crippen LogP contribution in [0, 0.1) is 5.92 Å². The first kappa shape index (κ1) is 21.2. The van der Waals surface area contributed by atoms with Crippen LogP contribution >= 0.6 is 12.6 Å². The quantitative estimate of drug-likeness (QED) is 0.254. The summed E-state index contributed by atoms with van der Waals surface area (Å²) in [5.74, 6) is -3.18. The molecular weight excluding hydrogens is 324 g/mol. The van der Waals surface area contributed by atoms with Gasteiger partial charge in [0.25, 0.3) is 0 Å². The highest BCUT2D eigenvalue weighted by Crippen LogP contribution is 2.08. The van der Waals surface area contributed by atoms with Crippen molar-refractivity contribution in [3.63, 3.8) is 0 Å². The van der Waals surface area contributed by atoms with E-state index in [4.69, 9.17) is 10.8 Å². The molecule has 0 radical (unpaired) electrons. The molecule has 0 spiro atoms. The number of nitrogens with two attached hydrogens (primary N) is 1. The number of nitrogens with one attached hydrogen (secondary N) is 3. The largest absolute Gasteiger partial charge is 0.480 e. The summed E-state index contributed by atoms with van der Waals surface area (Å²) in [6.45, 7) is 3.02. The van der Waals surface area contributed by atoms with Gasteiger partial charge in [0.05, 0.1) is 13.1 Å². The number of hydrogen-bond acceptors (Lipinski definition) is 6. The third kappa shape index (κ3) is 7.84. The molecule has 23 heavy (non-hydrogen) atoms. The summed E-state index contributed by atoms with van der Waals surface area (Å²) in [7, 11) is 0. The standard InChI is InChI=1S/C13H24N4O5S/c1-3-7(2)11(12(20)16-8(6-23)13(21)22)17-10(19)5-15-9(18)4-14/h7-8,11,23H,3-6,14H2,1-2H3,(H,15,18)(H,16,20)(H,17,19)(H,21,22). The molecule has 0 heterocycles. The van der Waals surface area contributed by atoms with E-state index in [-0.39, 0.29) is 24.8 Å². The Bertz CT molecular complexity index is 446. The van der Waals surface area contributed by atoms with Gasteiger partial charge in [-0.15, -0.1) is 0 Å². The zero-order valence-corrected chi connectivity index (χ0v) is 14.1. The van der Waals surface area contributed by atoms with E-state index in [0.717, 1.165) is 0 Å². The van der Waals surface area contributed by atoms with Crippen molar-refractivity contribution < 1.29 is 24.3 Å². The van der Waals surface area contributed by atoms with Crippen molar-refractivity contribution in [1.82, 2.24) is 16.0 Å². The van der Waals surface area contributed by atoms with Crippen LogP contribution in [0.15, 0.2) is 0 Å². The van der Waals surface area contributed by atoms with Crippen LogP contribution in [0.2, 0.25) is 0 Å². The van der Waals surface area contributed by atoms with Gasteiger partial charge in [0, 0.05) is 5.75 Å². The molecule has 0 saturated heterocycles. The summed E-state index contributed by atoms with van der Waals surface area (Å²) in [6.07, 6.45) is 0.589. The van der Waals surface area contributed by atoms with Crippen LogP contribution in [0.4, 0.5) is 0 Å². The summed E-state index contributed by atoms with van der Waals surface area (Å²) in [4.78, 5) is 46.0. The van der Waals surface area contributed by atoms with E-state index < -0.39 is 35.8 Å². The number of carbonyl (C=O) groups excluding carboxylic acids is 3. The Morgan fingerprint density at radius 2 is 1.78 bits per heavy atom. The van der Waals surface area contributed by atoms with E-state index >= 15 is 0 Å². The smallest absolute Gasteiger partial charge is 0.327 e. The molecule has 3 atom stereocenters. The van der Waals surface area contributed by atoms with E-state index in [1.165, 1.54) is 0 Å². The van der Waals surface area contributed by atoms with Gasteiger partial charge in [-0.2, -0.15) is 12.6 Å². The van der Waals surface area contributed by atoms with Gasteiger partial charge in [0.15, 0.2) is 0 Å². The van der Waals surface area contributed by atoms with E-state index in [2.05, 4.69) is 28.6 Å². The van der Waals surface area contributed by atoms with Gasteiger partial charge in [-0.1, -0.05) is 20.3 Å². The van der Waals surface area contributed by atoms with E-state index in [1.807, 2.05) is 6.92 Å². The van der Waals surface area contributed by atoms with Gasteiger partial charge in [0.2, 0.25) is 17.7 Å². The normalized spacial score (nSPS) is 14.3. The predicted octanol–water partition coefficient (Wildman–Crippen LogP) is -1.91. The molecule has 0 aromatic heterocycles. The van der Waals surface area contributed by atoms with Crippen molar-refractivity contribution in [2.75, 3.05) is 18.8 Å². The number of aliphatic carboxylic acids is 1. The van der Waals surface area contributed by atoms with Gasteiger partial charge < -0.3 is 26.8 Å². The molecule has 3 amide bonds. The van der Waals surface area contributed by atoms with Crippen LogP contribution < -0.4 is 21.7 Å². The molecular formula is C13H24N4O5S. The molecule has 0 aliphatic heterocycles. The molecule has 0 fully saturated rings. The summed E-state index contributed by atoms with van der Waals surface area (Å²) in [6, 6.07) is -2.06. The average Bonchev–Trinajstić information content (AvgIpc) is 2.53. The summed E-state index contributed by atoms with van der Waals surface area (Å²) in [5.41, 5.74) is 5.11. The number of carboxylic acid groups (broad SMARTS) is 1. The number of hydrogen-bond donors (Lipinski definition) is 6. The van der Waals surface area contributed by atoms with Crippen molar-refractivity contribution >= 4 is 36.3 Å². The van der Waals surface area contributed by atoms with E-state index in [0.29, 0.717) is 6.42 Å². The Hall–Kier alpha value is -1.81. The molecule has 6 N–H and O–H groups in total. The fourth-order valence-corrected chi connectivity index (χ4v) is 1.87. The first-order chi connectivity index (χ1) is 10.8. The molecule has 0 aromatic rings. The highest BCUT2D eigenvalue weighted by molar-refractivity contribution is 7.80. The van der Waals surface area contributed by atoms with Crippen LogP contribution in [0.25, 0.3) is 0 Å². The molecule has 0 aliphatic carbocycles. The fourth-order valence-electron chi connectivity index (χ4n) is 1.62. The first-order valence-electron chi connectivity index (χ1n) is 7.16. The van der Waals surface area contributed by atoms with Gasteiger partial charge in [-0.05, 0) is 5.92 Å². The highest BCUT2D eigenvalue weighted by atomic mass is 32.1. The molecule has 10 heteroatoms. The SMILES string of the molecule is CCC(C)C(NC(=O)CNC(=O)CN)C(=O)NC(CS)C(=O)O. The minimum absolute atomic E-state index is 0.0746. The lowest BCUT2D eigenvalue weighted by Gasteiger charge is -2.25. The van der Waals surface area contributed by atoms with Crippen molar-refractivity contribution in [1.29, 1.82) is 0 Å². The zero-order chi connectivity index (χ0) is 18.0. The van der Waals surface area contributed by atoms with Crippen LogP contribution in [-0.2, 0) is 19.2 Å². The lowest BCUT2D eigenvalue weighted by Crippen LogP contribution is -2.55. The van der Waals surface area contributed by atoms with E-state index in [9.17, 15) is 19.2 Å². The van der Waals surface area contributed by atoms with Crippen LogP contribution in [0.1, 0.15) is 20.3 Å². The fraction of sp³-hybridized carbons (Fsp3) is 0.692. The maximum Gasteiger partial charge on any atom is 0.327 e. The summed E-state index contributed by atoms with van der Waals surface area (Å²) in [5, 5.41) is 16.1. The highest BCUT2D eigenvalue weighted by Gasteiger charge is 2.29. The third-order valence-electron chi connectivity index (χ3n) is 3.24. The molecule has 0 bridgehead atoms. The number of amides is 3. The molecule has 0 rings (SSSR count). The summed E-state index contributed by atoms with van der Waals surface area (Å²) < 4.78 is 0. The number of rotatable bonds is 10. The lowest BCUT2D eigenvalue weighted by molar-refractivity contribution is -0.141. The summed E-state index contributed by atoms with van der Waals surface area (Å²) >= 11 is 3.87. The molecule has 0 aliphatic rings. The minimum Gasteiger partial charge on any atom is -0.480 e. The second kappa shape index (κ2) is 10.8. The number of carbonyl (C=O) groups is 4. The van der Waals surface area contributed by atoms with Crippen LogP contribution in [0.3, 0.4) is 0 Å². The Morgan fingerprint density at radius 3 is 2.22 bits per heavy atom. The van der Waals surface area contributed by atoms with Crippen molar-refractivity contribution in [3.05, 3.63) is 0 Å². The Kier molecular flexibility index (Phi) is 9.99. The van der Waals surface area contributed by atoms with Crippen molar-refractivity contribution in [3.8, 4) is 0 Å². The van der Waals surface area contributed by atoms with E-state index in [1.54, 1.807) is 6.92 Å². The van der Waals surface area contributed by atoms with Crippen LogP contribution in [0.5, 0.6) is 0 Å². The number of carboxylic acids is 1. The van der Waals surface area contributed by atoms with Gasteiger partial charge in [0.1, 0.15) is 12.1 Å². The predicted molar refractivity (Wildman–Crippen MR) is 86.9 cm³/mol. The molecule has 0 aromatic carbocycles. The topological polar surface area (TPSA) is 151 Å². The Labute approximate surface area is 140 Å². The zero-order valence-electron chi connectivity index (χ0n) is 13.2. The van der Waals surface area contributed by atoms with Crippen molar-refractivity contribution in [2.45, 2.75) is 32.4 Å². The van der Waals surface area contributed by atoms with Crippen LogP contribution in [-0.4, -0.2) is 59.7 Å². The molecule has 0 saturated carbocycles. The first-order valence-corrected chi connectivity index (χ1v) is 7.80. The second-order valence-electron chi connectivity index (χ2n) is 4.99. The Morgan fingerprint density at radius 1 is 1.17 bits per heavy atom. The van der Waals surface area contributed by atoms with Gasteiger partial charge >= 0.3 is 5.97 Å². The molecule has 9 nitrogen and oxygen atoms in total.